The van der Waals surface area contributed by atoms with Gasteiger partial charge < -0.3 is 20.1 Å². The highest BCUT2D eigenvalue weighted by molar-refractivity contribution is 6.05. The lowest BCUT2D eigenvalue weighted by Crippen LogP contribution is -2.30. The van der Waals surface area contributed by atoms with Crippen molar-refractivity contribution in [2.45, 2.75) is 18.9 Å². The molecule has 0 spiro atoms. The maximum atomic E-state index is 13.1. The van der Waals surface area contributed by atoms with Crippen LogP contribution in [0.5, 0.6) is 11.5 Å². The number of rotatable bonds is 6. The summed E-state index contributed by atoms with van der Waals surface area (Å²) in [5.41, 5.74) is 2.49. The molecule has 2 N–H and O–H groups in total. The van der Waals surface area contributed by atoms with Gasteiger partial charge in [0.05, 0.1) is 11.6 Å². The predicted molar refractivity (Wildman–Crippen MR) is 119 cm³/mol. The molecule has 0 bridgehead atoms. The molecular formula is C25H23N3O4. The minimum Gasteiger partial charge on any atom is -0.486 e. The van der Waals surface area contributed by atoms with Crippen molar-refractivity contribution in [3.8, 4) is 11.5 Å². The molecule has 1 atom stereocenters. The lowest BCUT2D eigenvalue weighted by molar-refractivity contribution is 0.0930. The number of benzene rings is 2. The van der Waals surface area contributed by atoms with Crippen LogP contribution in [0.3, 0.4) is 0 Å². The van der Waals surface area contributed by atoms with Crippen LogP contribution >= 0.6 is 0 Å². The quantitative estimate of drug-likeness (QED) is 0.619. The number of nitrogens with zero attached hydrogens (tertiary/aromatic N) is 1. The monoisotopic (exact) mass is 429 g/mol. The Kier molecular flexibility index (Phi) is 5.46. The summed E-state index contributed by atoms with van der Waals surface area (Å²) in [5, 5.41) is 5.99. The van der Waals surface area contributed by atoms with Crippen LogP contribution in [0.25, 0.3) is 0 Å². The predicted octanol–water partition coefficient (Wildman–Crippen LogP) is 3.99. The van der Waals surface area contributed by atoms with E-state index in [0.717, 1.165) is 24.2 Å². The van der Waals surface area contributed by atoms with Gasteiger partial charge in [-0.05, 0) is 66.8 Å². The summed E-state index contributed by atoms with van der Waals surface area (Å²) in [6.07, 6.45) is 5.25. The number of carbonyl (C=O) groups excluding carboxylic acids is 2. The number of amides is 2. The SMILES string of the molecule is O=C(Nc1cccc(C(=O)NC(c2ccc3c(c2)OCCO3)C2CC2)c1)c1cccnc1. The Morgan fingerprint density at radius 1 is 0.906 bits per heavy atom. The summed E-state index contributed by atoms with van der Waals surface area (Å²) in [7, 11) is 0. The van der Waals surface area contributed by atoms with Crippen molar-refractivity contribution >= 4 is 17.5 Å². The fourth-order valence-corrected chi connectivity index (χ4v) is 3.82. The molecule has 1 aromatic heterocycles. The average molecular weight is 429 g/mol. The van der Waals surface area contributed by atoms with Crippen molar-refractivity contribution in [2.75, 3.05) is 18.5 Å². The molecule has 7 heteroatoms. The van der Waals surface area contributed by atoms with Gasteiger partial charge in [-0.3, -0.25) is 14.6 Å². The molecule has 0 saturated heterocycles. The molecule has 2 heterocycles. The normalized spacial score (nSPS) is 15.5. The lowest BCUT2D eigenvalue weighted by Gasteiger charge is -2.23. The fraction of sp³-hybridized carbons (Fsp3) is 0.240. The largest absolute Gasteiger partial charge is 0.486 e. The Labute approximate surface area is 185 Å². The van der Waals surface area contributed by atoms with E-state index in [1.54, 1.807) is 42.6 Å². The molecule has 7 nitrogen and oxygen atoms in total. The number of fused-ring (bicyclic) bond motifs is 1. The van der Waals surface area contributed by atoms with Crippen molar-refractivity contribution in [1.82, 2.24) is 10.3 Å². The molecule has 1 fully saturated rings. The van der Waals surface area contributed by atoms with Crippen LogP contribution in [0.4, 0.5) is 5.69 Å². The van der Waals surface area contributed by atoms with Crippen LogP contribution in [-0.2, 0) is 0 Å². The molecule has 3 aromatic rings. The van der Waals surface area contributed by atoms with Crippen molar-refractivity contribution in [1.29, 1.82) is 0 Å². The number of nitrogens with one attached hydrogen (secondary N) is 2. The number of carbonyl (C=O) groups is 2. The van der Waals surface area contributed by atoms with Gasteiger partial charge in [-0.1, -0.05) is 12.1 Å². The molecule has 0 radical (unpaired) electrons. The smallest absolute Gasteiger partial charge is 0.257 e. The first-order valence-electron chi connectivity index (χ1n) is 10.7. The van der Waals surface area contributed by atoms with E-state index in [9.17, 15) is 9.59 Å². The van der Waals surface area contributed by atoms with Crippen LogP contribution in [-0.4, -0.2) is 30.0 Å². The Bertz CT molecular complexity index is 1140. The highest BCUT2D eigenvalue weighted by Crippen LogP contribution is 2.43. The summed E-state index contributed by atoms with van der Waals surface area (Å²) in [6.45, 7) is 1.07. The van der Waals surface area contributed by atoms with E-state index >= 15 is 0 Å². The van der Waals surface area contributed by atoms with Crippen molar-refractivity contribution in [3.63, 3.8) is 0 Å². The first-order valence-corrected chi connectivity index (χ1v) is 10.7. The molecular weight excluding hydrogens is 406 g/mol. The van der Waals surface area contributed by atoms with E-state index in [1.165, 1.54) is 6.20 Å². The summed E-state index contributed by atoms with van der Waals surface area (Å²) >= 11 is 0. The number of ether oxygens (including phenoxy) is 2. The Morgan fingerprint density at radius 3 is 2.50 bits per heavy atom. The Morgan fingerprint density at radius 2 is 1.72 bits per heavy atom. The highest BCUT2D eigenvalue weighted by Gasteiger charge is 2.34. The van der Waals surface area contributed by atoms with Gasteiger partial charge in [-0.15, -0.1) is 0 Å². The Hall–Kier alpha value is -3.87. The molecule has 2 aromatic carbocycles. The Balaban J connectivity index is 1.31. The second kappa shape index (κ2) is 8.70. The summed E-state index contributed by atoms with van der Waals surface area (Å²) in [4.78, 5) is 29.4. The minimum absolute atomic E-state index is 0.105. The maximum Gasteiger partial charge on any atom is 0.257 e. The van der Waals surface area contributed by atoms with Gasteiger partial charge >= 0.3 is 0 Å². The van der Waals surface area contributed by atoms with E-state index in [4.69, 9.17) is 9.47 Å². The minimum atomic E-state index is -0.275. The van der Waals surface area contributed by atoms with E-state index in [0.29, 0.717) is 41.7 Å². The second-order valence-corrected chi connectivity index (χ2v) is 7.97. The molecule has 32 heavy (non-hydrogen) atoms. The topological polar surface area (TPSA) is 89.6 Å². The lowest BCUT2D eigenvalue weighted by atomic mass is 10.0. The fourth-order valence-electron chi connectivity index (χ4n) is 3.82. The van der Waals surface area contributed by atoms with Gasteiger partial charge in [-0.2, -0.15) is 0 Å². The molecule has 2 amide bonds. The summed E-state index contributed by atoms with van der Waals surface area (Å²) < 4.78 is 11.3. The number of anilines is 1. The molecule has 162 valence electrons. The third kappa shape index (κ3) is 4.42. The van der Waals surface area contributed by atoms with Crippen LogP contribution in [0.2, 0.25) is 0 Å². The van der Waals surface area contributed by atoms with E-state index < -0.39 is 0 Å². The molecule has 2 aliphatic rings. The van der Waals surface area contributed by atoms with E-state index in [1.807, 2.05) is 18.2 Å². The van der Waals surface area contributed by atoms with E-state index in [-0.39, 0.29) is 17.9 Å². The summed E-state index contributed by atoms with van der Waals surface area (Å²) in [6, 6.07) is 16.1. The molecule has 1 aliphatic heterocycles. The average Bonchev–Trinajstić information content (AvgIpc) is 3.68. The third-order valence-corrected chi connectivity index (χ3v) is 5.61. The van der Waals surface area contributed by atoms with Crippen molar-refractivity contribution in [2.24, 2.45) is 5.92 Å². The first-order chi connectivity index (χ1) is 15.7. The van der Waals surface area contributed by atoms with E-state index in [2.05, 4.69) is 15.6 Å². The molecule has 1 saturated carbocycles. The molecule has 1 aliphatic carbocycles. The van der Waals surface area contributed by atoms with Crippen LogP contribution < -0.4 is 20.1 Å². The van der Waals surface area contributed by atoms with Crippen LogP contribution in [0.15, 0.2) is 67.0 Å². The van der Waals surface area contributed by atoms with Gasteiger partial charge in [0.1, 0.15) is 13.2 Å². The van der Waals surface area contributed by atoms with Crippen LogP contribution in [0, 0.1) is 5.92 Å². The maximum absolute atomic E-state index is 13.1. The number of aromatic nitrogens is 1. The zero-order valence-corrected chi connectivity index (χ0v) is 17.4. The van der Waals surface area contributed by atoms with Crippen molar-refractivity contribution in [3.05, 3.63) is 83.7 Å². The number of hydrogen-bond donors (Lipinski definition) is 2. The molecule has 5 rings (SSSR count). The zero-order valence-electron chi connectivity index (χ0n) is 17.4. The zero-order chi connectivity index (χ0) is 21.9. The van der Waals surface area contributed by atoms with Gasteiger partial charge in [-0.25, -0.2) is 0 Å². The third-order valence-electron chi connectivity index (χ3n) is 5.61. The first kappa shape index (κ1) is 20.1. The standard InChI is InChI=1S/C25H23N3O4/c29-24(18-3-1-5-20(13-18)27-25(30)19-4-2-10-26-15-19)28-23(16-6-7-16)17-8-9-21-22(14-17)32-12-11-31-21/h1-5,8-10,13-16,23H,6-7,11-12H2,(H,27,30)(H,28,29). The van der Waals surface area contributed by atoms with Gasteiger partial charge in [0.25, 0.3) is 11.8 Å². The number of pyridine rings is 1. The van der Waals surface area contributed by atoms with Gasteiger partial charge in [0.2, 0.25) is 0 Å². The van der Waals surface area contributed by atoms with Gasteiger partial charge in [0, 0.05) is 23.6 Å². The highest BCUT2D eigenvalue weighted by atomic mass is 16.6. The number of hydrogen-bond acceptors (Lipinski definition) is 5. The second-order valence-electron chi connectivity index (χ2n) is 7.97. The summed E-state index contributed by atoms with van der Waals surface area (Å²) in [5.74, 6) is 1.39. The van der Waals surface area contributed by atoms with Crippen molar-refractivity contribution < 1.29 is 19.1 Å². The van der Waals surface area contributed by atoms with Gasteiger partial charge in [0.15, 0.2) is 11.5 Å². The van der Waals surface area contributed by atoms with Crippen LogP contribution in [0.1, 0.15) is 45.2 Å². The molecule has 1 unspecified atom stereocenters.